The van der Waals surface area contributed by atoms with Gasteiger partial charge in [0.2, 0.25) is 0 Å². The van der Waals surface area contributed by atoms with E-state index >= 15 is 0 Å². The van der Waals surface area contributed by atoms with Crippen LogP contribution in [0.5, 0.6) is 0 Å². The molecular formula is C16H29N. The van der Waals surface area contributed by atoms with Crippen LogP contribution >= 0.6 is 0 Å². The third-order valence-electron chi connectivity index (χ3n) is 3.05. The van der Waals surface area contributed by atoms with Gasteiger partial charge in [-0.3, -0.25) is 0 Å². The normalized spacial score (nSPS) is 10.8. The average Bonchev–Trinajstić information content (AvgIpc) is 2.35. The Morgan fingerprint density at radius 2 is 1.29 bits per heavy atom. The molecular weight excluding hydrogens is 206 g/mol. The number of nitrogens with zero attached hydrogens (tertiary/aromatic N) is 1. The molecule has 1 nitrogen and oxygen atoms in total. The fraction of sp³-hybridized carbons (Fsp3) is 0.812. The lowest BCUT2D eigenvalue weighted by atomic mass is 10.1. The van der Waals surface area contributed by atoms with Crippen molar-refractivity contribution in [2.75, 3.05) is 0 Å². The highest BCUT2D eigenvalue weighted by Gasteiger charge is 1.91. The molecule has 0 unspecified atom stereocenters. The van der Waals surface area contributed by atoms with Gasteiger partial charge in [-0.2, -0.15) is 5.26 Å². The second kappa shape index (κ2) is 15.2. The second-order valence-corrected chi connectivity index (χ2v) is 4.79. The summed E-state index contributed by atoms with van der Waals surface area (Å²) in [6, 6.07) is 2.20. The van der Waals surface area contributed by atoms with Crippen LogP contribution in [0.15, 0.2) is 12.2 Å². The van der Waals surface area contributed by atoms with Gasteiger partial charge in [-0.05, 0) is 25.7 Å². The minimum absolute atomic E-state index is 0.739. The summed E-state index contributed by atoms with van der Waals surface area (Å²) in [5.41, 5.74) is 0. The van der Waals surface area contributed by atoms with Crippen molar-refractivity contribution >= 4 is 0 Å². The van der Waals surface area contributed by atoms with Gasteiger partial charge < -0.3 is 0 Å². The van der Waals surface area contributed by atoms with E-state index in [1.807, 2.05) is 0 Å². The fourth-order valence-corrected chi connectivity index (χ4v) is 1.91. The first kappa shape index (κ1) is 16.2. The summed E-state index contributed by atoms with van der Waals surface area (Å²) in [5, 5.41) is 8.39. The maximum absolute atomic E-state index is 8.39. The van der Waals surface area contributed by atoms with E-state index in [0.717, 1.165) is 12.8 Å². The van der Waals surface area contributed by atoms with Crippen molar-refractivity contribution in [1.29, 1.82) is 5.26 Å². The van der Waals surface area contributed by atoms with Gasteiger partial charge in [-0.25, -0.2) is 0 Å². The van der Waals surface area contributed by atoms with Gasteiger partial charge >= 0.3 is 0 Å². The molecule has 0 radical (unpaired) electrons. The zero-order valence-corrected chi connectivity index (χ0v) is 11.6. The van der Waals surface area contributed by atoms with Crippen LogP contribution in [0, 0.1) is 11.3 Å². The summed E-state index contributed by atoms with van der Waals surface area (Å²) in [6.07, 6.45) is 19.7. The van der Waals surface area contributed by atoms with Crippen LogP contribution < -0.4 is 0 Å². The Hall–Kier alpha value is -0.770. The molecule has 0 atom stereocenters. The highest BCUT2D eigenvalue weighted by molar-refractivity contribution is 4.81. The molecule has 0 amide bonds. The minimum atomic E-state index is 0.739. The zero-order valence-electron chi connectivity index (χ0n) is 11.6. The second-order valence-electron chi connectivity index (χ2n) is 4.79. The molecule has 1 heteroatoms. The molecule has 0 N–H and O–H groups in total. The van der Waals surface area contributed by atoms with Gasteiger partial charge in [0.25, 0.3) is 0 Å². The molecule has 0 heterocycles. The molecule has 0 aromatic rings. The van der Waals surface area contributed by atoms with Crippen molar-refractivity contribution in [3.8, 4) is 6.07 Å². The van der Waals surface area contributed by atoms with Gasteiger partial charge in [-0.1, -0.05) is 64.0 Å². The summed E-state index contributed by atoms with van der Waals surface area (Å²) >= 11 is 0. The molecule has 0 spiro atoms. The number of hydrogen-bond donors (Lipinski definition) is 0. The minimum Gasteiger partial charge on any atom is -0.198 e. The van der Waals surface area contributed by atoms with Crippen molar-refractivity contribution < 1.29 is 0 Å². The van der Waals surface area contributed by atoms with E-state index in [1.54, 1.807) is 0 Å². The summed E-state index contributed by atoms with van der Waals surface area (Å²) in [5.74, 6) is 0. The molecule has 0 aromatic heterocycles. The first-order valence-electron chi connectivity index (χ1n) is 7.43. The number of rotatable bonds is 12. The van der Waals surface area contributed by atoms with Crippen molar-refractivity contribution in [1.82, 2.24) is 0 Å². The third kappa shape index (κ3) is 15.2. The summed E-state index contributed by atoms with van der Waals surface area (Å²) in [6.45, 7) is 2.24. The average molecular weight is 235 g/mol. The maximum Gasteiger partial charge on any atom is 0.0621 e. The third-order valence-corrected chi connectivity index (χ3v) is 3.05. The predicted octanol–water partition coefficient (Wildman–Crippen LogP) is 5.77. The van der Waals surface area contributed by atoms with Crippen LogP contribution in [0.25, 0.3) is 0 Å². The summed E-state index contributed by atoms with van der Waals surface area (Å²) in [7, 11) is 0. The van der Waals surface area contributed by atoms with E-state index in [-0.39, 0.29) is 0 Å². The first-order chi connectivity index (χ1) is 8.41. The predicted molar refractivity (Wildman–Crippen MR) is 75.8 cm³/mol. The Bertz CT molecular complexity index is 200. The first-order valence-corrected chi connectivity index (χ1v) is 7.43. The molecule has 0 saturated heterocycles. The Kier molecular flexibility index (Phi) is 14.5. The van der Waals surface area contributed by atoms with Crippen LogP contribution in [0.1, 0.15) is 84.0 Å². The van der Waals surface area contributed by atoms with Crippen molar-refractivity contribution in [2.24, 2.45) is 0 Å². The molecule has 0 bridgehead atoms. The summed E-state index contributed by atoms with van der Waals surface area (Å²) in [4.78, 5) is 0. The maximum atomic E-state index is 8.39. The van der Waals surface area contributed by atoms with Gasteiger partial charge in [0.05, 0.1) is 6.07 Å². The number of nitriles is 1. The topological polar surface area (TPSA) is 23.8 Å². The molecule has 98 valence electrons. The Morgan fingerprint density at radius 3 is 1.88 bits per heavy atom. The van der Waals surface area contributed by atoms with Gasteiger partial charge in [-0.15, -0.1) is 0 Å². The SMILES string of the molecule is CCCCC=CCCCCCCCCCC#N. The molecule has 0 rings (SSSR count). The van der Waals surface area contributed by atoms with Crippen LogP contribution in [-0.4, -0.2) is 0 Å². The lowest BCUT2D eigenvalue weighted by Crippen LogP contribution is -1.80. The van der Waals surface area contributed by atoms with E-state index in [1.165, 1.54) is 64.2 Å². The van der Waals surface area contributed by atoms with Crippen LogP contribution in [-0.2, 0) is 0 Å². The van der Waals surface area contributed by atoms with E-state index in [4.69, 9.17) is 5.26 Å². The van der Waals surface area contributed by atoms with E-state index in [9.17, 15) is 0 Å². The van der Waals surface area contributed by atoms with Gasteiger partial charge in [0.1, 0.15) is 0 Å². The molecule has 0 aromatic carbocycles. The lowest BCUT2D eigenvalue weighted by Gasteiger charge is -1.99. The monoisotopic (exact) mass is 235 g/mol. The highest BCUT2D eigenvalue weighted by Crippen LogP contribution is 2.09. The largest absolute Gasteiger partial charge is 0.198 e. The van der Waals surface area contributed by atoms with Crippen LogP contribution in [0.4, 0.5) is 0 Å². The quantitative estimate of drug-likeness (QED) is 0.311. The number of hydrogen-bond acceptors (Lipinski definition) is 1. The van der Waals surface area contributed by atoms with Crippen molar-refractivity contribution in [3.63, 3.8) is 0 Å². The fourth-order valence-electron chi connectivity index (χ4n) is 1.91. The van der Waals surface area contributed by atoms with Crippen LogP contribution in [0.2, 0.25) is 0 Å². The zero-order chi connectivity index (χ0) is 12.6. The Labute approximate surface area is 108 Å². The van der Waals surface area contributed by atoms with E-state index in [2.05, 4.69) is 25.1 Å². The molecule has 0 aliphatic carbocycles. The lowest BCUT2D eigenvalue weighted by molar-refractivity contribution is 0.584. The number of allylic oxidation sites excluding steroid dienone is 2. The molecule has 17 heavy (non-hydrogen) atoms. The van der Waals surface area contributed by atoms with E-state index < -0.39 is 0 Å². The van der Waals surface area contributed by atoms with Gasteiger partial charge in [0, 0.05) is 6.42 Å². The van der Waals surface area contributed by atoms with Gasteiger partial charge in [0.15, 0.2) is 0 Å². The molecule has 0 aliphatic rings. The Balaban J connectivity index is 2.98. The van der Waals surface area contributed by atoms with E-state index in [0.29, 0.717) is 0 Å². The molecule has 0 fully saturated rings. The molecule has 0 aliphatic heterocycles. The van der Waals surface area contributed by atoms with Crippen molar-refractivity contribution in [2.45, 2.75) is 84.0 Å². The standard InChI is InChI=1S/C16H29N/c1-2-3-4-5-6-7-8-9-10-11-12-13-14-15-16-17/h5-6H,2-4,7-15H2,1H3. The highest BCUT2D eigenvalue weighted by atomic mass is 14.2. The smallest absolute Gasteiger partial charge is 0.0621 e. The number of unbranched alkanes of at least 4 members (excludes halogenated alkanes) is 10. The Morgan fingerprint density at radius 1 is 0.765 bits per heavy atom. The van der Waals surface area contributed by atoms with Crippen molar-refractivity contribution in [3.05, 3.63) is 12.2 Å². The van der Waals surface area contributed by atoms with Crippen LogP contribution in [0.3, 0.4) is 0 Å². The summed E-state index contributed by atoms with van der Waals surface area (Å²) < 4.78 is 0. The molecule has 0 saturated carbocycles.